The van der Waals surface area contributed by atoms with Gasteiger partial charge in [-0.3, -0.25) is 4.98 Å². The van der Waals surface area contributed by atoms with Crippen molar-refractivity contribution >= 4 is 12.0 Å². The van der Waals surface area contributed by atoms with E-state index in [1.54, 1.807) is 6.20 Å². The molecule has 1 rings (SSSR count). The molecule has 68 valence electrons. The molecule has 0 amide bonds. The van der Waals surface area contributed by atoms with Crippen molar-refractivity contribution in [1.29, 1.82) is 0 Å². The number of aliphatic carboxylic acids is 1. The third-order valence-electron chi connectivity index (χ3n) is 1.63. The Labute approximate surface area is 76.7 Å². The van der Waals surface area contributed by atoms with Gasteiger partial charge in [-0.05, 0) is 24.1 Å². The zero-order chi connectivity index (χ0) is 9.68. The second-order valence-corrected chi connectivity index (χ2v) is 2.61. The molecule has 13 heavy (non-hydrogen) atoms. The average Bonchev–Trinajstić information content (AvgIpc) is 2.15. The SMILES string of the molecule is CCc1ccc(C=CC(=O)O)cn1. The van der Waals surface area contributed by atoms with E-state index in [1.807, 2.05) is 19.1 Å². The number of nitrogens with zero attached hydrogens (tertiary/aromatic N) is 1. The maximum atomic E-state index is 10.2. The van der Waals surface area contributed by atoms with Gasteiger partial charge in [0, 0.05) is 18.0 Å². The predicted octanol–water partition coefficient (Wildman–Crippen LogP) is 1.74. The van der Waals surface area contributed by atoms with Crippen molar-refractivity contribution in [2.24, 2.45) is 0 Å². The Balaban J connectivity index is 2.75. The van der Waals surface area contributed by atoms with Crippen molar-refractivity contribution in [2.45, 2.75) is 13.3 Å². The van der Waals surface area contributed by atoms with Gasteiger partial charge < -0.3 is 5.11 Å². The predicted molar refractivity (Wildman–Crippen MR) is 50.3 cm³/mol. The molecule has 1 heterocycles. The van der Waals surface area contributed by atoms with Crippen LogP contribution < -0.4 is 0 Å². The number of carboxylic acids is 1. The monoisotopic (exact) mass is 177 g/mol. The van der Waals surface area contributed by atoms with Gasteiger partial charge in [0.1, 0.15) is 0 Å². The summed E-state index contributed by atoms with van der Waals surface area (Å²) >= 11 is 0. The number of carbonyl (C=O) groups is 1. The lowest BCUT2D eigenvalue weighted by atomic mass is 10.2. The molecule has 3 nitrogen and oxygen atoms in total. The molecule has 0 bridgehead atoms. The van der Waals surface area contributed by atoms with Crippen molar-refractivity contribution in [3.05, 3.63) is 35.7 Å². The van der Waals surface area contributed by atoms with Crippen LogP contribution in [0, 0.1) is 0 Å². The standard InChI is InChI=1S/C10H11NO2/c1-2-9-5-3-8(7-11-9)4-6-10(12)13/h3-7H,2H2,1H3,(H,12,13). The highest BCUT2D eigenvalue weighted by atomic mass is 16.4. The van der Waals surface area contributed by atoms with Gasteiger partial charge >= 0.3 is 5.97 Å². The summed E-state index contributed by atoms with van der Waals surface area (Å²) in [5.74, 6) is -0.945. The summed E-state index contributed by atoms with van der Waals surface area (Å²) in [6, 6.07) is 3.74. The molecule has 0 aliphatic heterocycles. The fraction of sp³-hybridized carbons (Fsp3) is 0.200. The van der Waals surface area contributed by atoms with Gasteiger partial charge in [-0.15, -0.1) is 0 Å². The summed E-state index contributed by atoms with van der Waals surface area (Å²) in [5, 5.41) is 8.37. The van der Waals surface area contributed by atoms with Gasteiger partial charge in [0.2, 0.25) is 0 Å². The molecule has 0 unspecified atom stereocenters. The first-order chi connectivity index (χ1) is 6.22. The van der Waals surface area contributed by atoms with E-state index >= 15 is 0 Å². The van der Waals surface area contributed by atoms with Gasteiger partial charge in [-0.2, -0.15) is 0 Å². The number of carboxylic acid groups (broad SMARTS) is 1. The topological polar surface area (TPSA) is 50.2 Å². The molecule has 1 aromatic heterocycles. The summed E-state index contributed by atoms with van der Waals surface area (Å²) in [6.07, 6.45) is 5.18. The van der Waals surface area contributed by atoms with Crippen LogP contribution in [0.1, 0.15) is 18.2 Å². The molecule has 0 saturated heterocycles. The van der Waals surface area contributed by atoms with Gasteiger partial charge in [-0.1, -0.05) is 13.0 Å². The lowest BCUT2D eigenvalue weighted by molar-refractivity contribution is -0.131. The molecule has 0 spiro atoms. The second kappa shape index (κ2) is 4.40. The van der Waals surface area contributed by atoms with Gasteiger partial charge in [0.15, 0.2) is 0 Å². The van der Waals surface area contributed by atoms with E-state index in [0.717, 1.165) is 23.8 Å². The quantitative estimate of drug-likeness (QED) is 0.715. The molecule has 1 N–H and O–H groups in total. The third kappa shape index (κ3) is 3.07. The smallest absolute Gasteiger partial charge is 0.328 e. The van der Waals surface area contributed by atoms with Crippen molar-refractivity contribution in [3.63, 3.8) is 0 Å². The van der Waals surface area contributed by atoms with Crippen LogP contribution in [-0.4, -0.2) is 16.1 Å². The Morgan fingerprint density at radius 1 is 1.62 bits per heavy atom. The molecule has 0 saturated carbocycles. The molecule has 0 aliphatic carbocycles. The van der Waals surface area contributed by atoms with E-state index in [1.165, 1.54) is 6.08 Å². The Morgan fingerprint density at radius 3 is 2.85 bits per heavy atom. The molecule has 0 radical (unpaired) electrons. The van der Waals surface area contributed by atoms with E-state index in [4.69, 9.17) is 5.11 Å². The molecular formula is C10H11NO2. The molecule has 0 fully saturated rings. The van der Waals surface area contributed by atoms with Crippen molar-refractivity contribution in [2.75, 3.05) is 0 Å². The first kappa shape index (κ1) is 9.45. The van der Waals surface area contributed by atoms with Gasteiger partial charge in [0.25, 0.3) is 0 Å². The lowest BCUT2D eigenvalue weighted by Crippen LogP contribution is -1.88. The minimum absolute atomic E-state index is 0.805. The maximum absolute atomic E-state index is 10.2. The van der Waals surface area contributed by atoms with E-state index in [9.17, 15) is 4.79 Å². The van der Waals surface area contributed by atoms with Crippen LogP contribution >= 0.6 is 0 Å². The molecule has 0 atom stereocenters. The van der Waals surface area contributed by atoms with Crippen LogP contribution in [0.5, 0.6) is 0 Å². The van der Waals surface area contributed by atoms with Crippen LogP contribution in [0.4, 0.5) is 0 Å². The van der Waals surface area contributed by atoms with Crippen molar-refractivity contribution < 1.29 is 9.90 Å². The van der Waals surface area contributed by atoms with E-state index < -0.39 is 5.97 Å². The molecule has 3 heteroatoms. The molecular weight excluding hydrogens is 166 g/mol. The van der Waals surface area contributed by atoms with Crippen LogP contribution in [0.2, 0.25) is 0 Å². The summed E-state index contributed by atoms with van der Waals surface area (Å²) in [7, 11) is 0. The summed E-state index contributed by atoms with van der Waals surface area (Å²) in [4.78, 5) is 14.3. The lowest BCUT2D eigenvalue weighted by Gasteiger charge is -1.95. The largest absolute Gasteiger partial charge is 0.478 e. The normalized spacial score (nSPS) is 10.5. The first-order valence-corrected chi connectivity index (χ1v) is 4.08. The van der Waals surface area contributed by atoms with Crippen LogP contribution in [-0.2, 0) is 11.2 Å². The molecule has 1 aromatic rings. The third-order valence-corrected chi connectivity index (χ3v) is 1.63. The van der Waals surface area contributed by atoms with Crippen LogP contribution in [0.15, 0.2) is 24.4 Å². The maximum Gasteiger partial charge on any atom is 0.328 e. The minimum Gasteiger partial charge on any atom is -0.478 e. The van der Waals surface area contributed by atoms with E-state index in [2.05, 4.69) is 4.98 Å². The van der Waals surface area contributed by atoms with E-state index in [-0.39, 0.29) is 0 Å². The highest BCUT2D eigenvalue weighted by Gasteiger charge is 1.91. The Kier molecular flexibility index (Phi) is 3.20. The fourth-order valence-corrected chi connectivity index (χ4v) is 0.911. The fourth-order valence-electron chi connectivity index (χ4n) is 0.911. The summed E-state index contributed by atoms with van der Waals surface area (Å²) in [6.45, 7) is 2.02. The van der Waals surface area contributed by atoms with Crippen molar-refractivity contribution in [3.8, 4) is 0 Å². The summed E-state index contributed by atoms with van der Waals surface area (Å²) in [5.41, 5.74) is 1.81. The van der Waals surface area contributed by atoms with E-state index in [0.29, 0.717) is 0 Å². The number of hydrogen-bond donors (Lipinski definition) is 1. The average molecular weight is 177 g/mol. The van der Waals surface area contributed by atoms with Gasteiger partial charge in [-0.25, -0.2) is 4.79 Å². The Bertz CT molecular complexity index is 314. The van der Waals surface area contributed by atoms with Crippen LogP contribution in [0.3, 0.4) is 0 Å². The number of hydrogen-bond acceptors (Lipinski definition) is 2. The summed E-state index contributed by atoms with van der Waals surface area (Å²) < 4.78 is 0. The Hall–Kier alpha value is -1.64. The minimum atomic E-state index is -0.945. The van der Waals surface area contributed by atoms with Crippen LogP contribution in [0.25, 0.3) is 6.08 Å². The number of pyridine rings is 1. The highest BCUT2D eigenvalue weighted by molar-refractivity contribution is 5.85. The Morgan fingerprint density at radius 2 is 2.38 bits per heavy atom. The zero-order valence-corrected chi connectivity index (χ0v) is 7.40. The highest BCUT2D eigenvalue weighted by Crippen LogP contribution is 2.02. The number of aromatic nitrogens is 1. The molecule has 0 aliphatic rings. The first-order valence-electron chi connectivity index (χ1n) is 4.08. The molecule has 0 aromatic carbocycles. The number of rotatable bonds is 3. The zero-order valence-electron chi connectivity index (χ0n) is 7.40. The van der Waals surface area contributed by atoms with Crippen molar-refractivity contribution in [1.82, 2.24) is 4.98 Å². The number of aryl methyl sites for hydroxylation is 1. The van der Waals surface area contributed by atoms with Gasteiger partial charge in [0.05, 0.1) is 0 Å². The second-order valence-electron chi connectivity index (χ2n) is 2.61.